The van der Waals surface area contributed by atoms with Crippen molar-refractivity contribution in [3.05, 3.63) is 23.8 Å². The second kappa shape index (κ2) is 4.36. The molecule has 0 unspecified atom stereocenters. The molecule has 0 saturated carbocycles. The summed E-state index contributed by atoms with van der Waals surface area (Å²) in [6, 6.07) is 0. The molecule has 0 bridgehead atoms. The second-order valence-corrected chi connectivity index (χ2v) is 2.57. The Hall–Kier alpha value is -1.91. The molecule has 0 aromatic heterocycles. The van der Waals surface area contributed by atoms with E-state index in [1.165, 1.54) is 13.2 Å². The molecule has 1 N–H and O–H groups in total. The lowest BCUT2D eigenvalue weighted by atomic mass is 9.99. The number of Topliss-reactive ketones (excluding diaryl/α,β-unsaturated/α-hetero) is 1. The maximum Gasteiger partial charge on any atom is 0.377 e. The lowest BCUT2D eigenvalue weighted by Crippen LogP contribution is -2.22. The van der Waals surface area contributed by atoms with E-state index in [2.05, 4.69) is 9.99 Å². The molecule has 14 heavy (non-hydrogen) atoms. The zero-order valence-electron chi connectivity index (χ0n) is 7.56. The van der Waals surface area contributed by atoms with Crippen LogP contribution >= 0.6 is 0 Å². The van der Waals surface area contributed by atoms with Gasteiger partial charge in [-0.3, -0.25) is 4.79 Å². The van der Waals surface area contributed by atoms with Gasteiger partial charge in [-0.05, 0) is 6.08 Å². The number of ketones is 1. The first-order chi connectivity index (χ1) is 6.66. The Morgan fingerprint density at radius 3 is 2.86 bits per heavy atom. The highest BCUT2D eigenvalue weighted by molar-refractivity contribution is 6.47. The summed E-state index contributed by atoms with van der Waals surface area (Å²) >= 11 is 0. The van der Waals surface area contributed by atoms with Crippen LogP contribution in [0.25, 0.3) is 0 Å². The van der Waals surface area contributed by atoms with E-state index in [-0.39, 0.29) is 5.57 Å². The number of allylic oxidation sites excluding steroid dienone is 3. The van der Waals surface area contributed by atoms with E-state index >= 15 is 0 Å². The second-order valence-electron chi connectivity index (χ2n) is 2.57. The molecular weight excluding hydrogens is 186 g/mol. The Bertz CT molecular complexity index is 352. The summed E-state index contributed by atoms with van der Waals surface area (Å²) < 4.78 is 0. The van der Waals surface area contributed by atoms with Gasteiger partial charge in [-0.2, -0.15) is 0 Å². The van der Waals surface area contributed by atoms with Crippen LogP contribution in [0, 0.1) is 0 Å². The van der Waals surface area contributed by atoms with Gasteiger partial charge in [-0.1, -0.05) is 17.3 Å². The third-order valence-electron chi connectivity index (χ3n) is 1.66. The lowest BCUT2D eigenvalue weighted by Gasteiger charge is -2.07. The molecule has 5 nitrogen and oxygen atoms in total. The molecule has 0 atom stereocenters. The summed E-state index contributed by atoms with van der Waals surface area (Å²) in [7, 11) is 1.34. The van der Waals surface area contributed by atoms with Crippen LogP contribution in [0.4, 0.5) is 0 Å². The smallest absolute Gasteiger partial charge is 0.377 e. The van der Waals surface area contributed by atoms with Gasteiger partial charge in [0.2, 0.25) is 0 Å². The number of oxime groups is 1. The molecule has 0 radical (unpaired) electrons. The summed E-state index contributed by atoms with van der Waals surface area (Å²) in [5.74, 6) is -2.46. The summed E-state index contributed by atoms with van der Waals surface area (Å²) in [5.41, 5.74) is 0.407. The van der Waals surface area contributed by atoms with Crippen molar-refractivity contribution in [3.63, 3.8) is 0 Å². The van der Waals surface area contributed by atoms with Crippen LogP contribution in [0.15, 0.2) is 29.0 Å². The van der Waals surface area contributed by atoms with Crippen molar-refractivity contribution in [2.24, 2.45) is 5.16 Å². The minimum atomic E-state index is -1.49. The third kappa shape index (κ3) is 2.07. The summed E-state index contributed by atoms with van der Waals surface area (Å²) in [6.07, 6.45) is 5.19. The highest BCUT2D eigenvalue weighted by Crippen LogP contribution is 2.11. The van der Waals surface area contributed by atoms with Crippen LogP contribution in [0.3, 0.4) is 0 Å². The van der Waals surface area contributed by atoms with E-state index in [4.69, 9.17) is 5.11 Å². The van der Waals surface area contributed by atoms with Crippen molar-refractivity contribution in [2.75, 3.05) is 7.11 Å². The highest BCUT2D eigenvalue weighted by Gasteiger charge is 2.23. The number of nitrogens with zero attached hydrogens (tertiary/aromatic N) is 1. The fourth-order valence-electron chi connectivity index (χ4n) is 1.07. The number of carboxylic acids is 1. The average molecular weight is 195 g/mol. The van der Waals surface area contributed by atoms with Crippen molar-refractivity contribution >= 4 is 17.5 Å². The van der Waals surface area contributed by atoms with Gasteiger partial charge < -0.3 is 9.94 Å². The number of hydrogen-bond donors (Lipinski definition) is 1. The van der Waals surface area contributed by atoms with Gasteiger partial charge in [0, 0.05) is 6.42 Å². The fourth-order valence-corrected chi connectivity index (χ4v) is 1.07. The zero-order chi connectivity index (χ0) is 10.6. The normalized spacial score (nSPS) is 17.8. The van der Waals surface area contributed by atoms with Crippen molar-refractivity contribution < 1.29 is 19.5 Å². The number of rotatable bonds is 3. The third-order valence-corrected chi connectivity index (χ3v) is 1.66. The van der Waals surface area contributed by atoms with E-state index < -0.39 is 11.8 Å². The zero-order valence-corrected chi connectivity index (χ0v) is 7.56. The number of aliphatic carboxylic acids is 1. The largest absolute Gasteiger partial charge is 0.475 e. The van der Waals surface area contributed by atoms with Crippen LogP contribution in [0.1, 0.15) is 6.42 Å². The molecule has 0 aromatic carbocycles. The minimum Gasteiger partial charge on any atom is -0.475 e. The molecule has 0 saturated heterocycles. The molecule has 0 aromatic rings. The van der Waals surface area contributed by atoms with Gasteiger partial charge in [0.25, 0.3) is 5.78 Å². The van der Waals surface area contributed by atoms with Gasteiger partial charge in [-0.15, -0.1) is 0 Å². The molecule has 1 aliphatic rings. The number of hydrogen-bond acceptors (Lipinski definition) is 4. The predicted octanol–water partition coefficient (Wildman–Crippen LogP) is 0.529. The van der Waals surface area contributed by atoms with E-state index in [1.807, 2.05) is 0 Å². The molecule has 74 valence electrons. The molecule has 0 heterocycles. The van der Waals surface area contributed by atoms with Crippen molar-refractivity contribution in [1.29, 1.82) is 0 Å². The first kappa shape index (κ1) is 10.2. The molecule has 0 fully saturated rings. The van der Waals surface area contributed by atoms with E-state index in [0.717, 1.165) is 0 Å². The highest BCUT2D eigenvalue weighted by atomic mass is 16.6. The predicted molar refractivity (Wildman–Crippen MR) is 48.9 cm³/mol. The summed E-state index contributed by atoms with van der Waals surface area (Å²) in [5, 5.41) is 12.1. The first-order valence-corrected chi connectivity index (χ1v) is 3.91. The van der Waals surface area contributed by atoms with Gasteiger partial charge in [0.1, 0.15) is 7.11 Å². The summed E-state index contributed by atoms with van der Waals surface area (Å²) in [6.45, 7) is 0. The Labute approximate surface area is 80.4 Å². The van der Waals surface area contributed by atoms with Gasteiger partial charge in [-0.25, -0.2) is 4.79 Å². The SMILES string of the molecule is CON=C1CC=CC=C1C(=O)C(=O)O. The number of carbonyl (C=O) groups is 2. The standard InChI is InChI=1S/C9H9NO4/c1-14-10-7-5-3-2-4-6(7)8(11)9(12)13/h2-4H,5H2,1H3,(H,12,13). The molecular formula is C9H9NO4. The topological polar surface area (TPSA) is 76.0 Å². The van der Waals surface area contributed by atoms with E-state index in [9.17, 15) is 9.59 Å². The van der Waals surface area contributed by atoms with Crippen molar-refractivity contribution in [1.82, 2.24) is 0 Å². The lowest BCUT2D eigenvalue weighted by molar-refractivity contribution is -0.147. The molecule has 1 rings (SSSR count). The fraction of sp³-hybridized carbons (Fsp3) is 0.222. The Balaban J connectivity index is 2.99. The maximum atomic E-state index is 11.1. The minimum absolute atomic E-state index is 0.0712. The number of carboxylic acid groups (broad SMARTS) is 1. The van der Waals surface area contributed by atoms with Crippen LogP contribution in [-0.2, 0) is 14.4 Å². The molecule has 1 aliphatic carbocycles. The first-order valence-electron chi connectivity index (χ1n) is 3.91. The van der Waals surface area contributed by atoms with Crippen molar-refractivity contribution in [3.8, 4) is 0 Å². The van der Waals surface area contributed by atoms with E-state index in [0.29, 0.717) is 12.1 Å². The molecule has 0 amide bonds. The Morgan fingerprint density at radius 1 is 1.57 bits per heavy atom. The molecule has 0 spiro atoms. The van der Waals surface area contributed by atoms with Crippen molar-refractivity contribution in [2.45, 2.75) is 6.42 Å². The molecule has 5 heteroatoms. The Kier molecular flexibility index (Phi) is 3.17. The quantitative estimate of drug-likeness (QED) is 0.526. The van der Waals surface area contributed by atoms with Crippen LogP contribution in [0.5, 0.6) is 0 Å². The van der Waals surface area contributed by atoms with Crippen LogP contribution in [0.2, 0.25) is 0 Å². The molecule has 0 aliphatic heterocycles. The van der Waals surface area contributed by atoms with Gasteiger partial charge in [0.05, 0.1) is 11.3 Å². The van der Waals surface area contributed by atoms with Gasteiger partial charge in [0.15, 0.2) is 0 Å². The maximum absolute atomic E-state index is 11.1. The summed E-state index contributed by atoms with van der Waals surface area (Å²) in [4.78, 5) is 26.1. The Morgan fingerprint density at radius 2 is 2.29 bits per heavy atom. The van der Waals surface area contributed by atoms with E-state index in [1.54, 1.807) is 12.2 Å². The number of carbonyl (C=O) groups excluding carboxylic acids is 1. The van der Waals surface area contributed by atoms with Gasteiger partial charge >= 0.3 is 5.97 Å². The monoisotopic (exact) mass is 195 g/mol. The van der Waals surface area contributed by atoms with Crippen LogP contribution in [-0.4, -0.2) is 29.7 Å². The average Bonchev–Trinajstić information content (AvgIpc) is 2.18. The van der Waals surface area contributed by atoms with Crippen LogP contribution < -0.4 is 0 Å².